The first-order chi connectivity index (χ1) is 5.54. The van der Waals surface area contributed by atoms with Crippen LogP contribution in [0.4, 0.5) is 0 Å². The number of ketones is 1. The van der Waals surface area contributed by atoms with Crippen molar-refractivity contribution in [3.63, 3.8) is 0 Å². The van der Waals surface area contributed by atoms with Crippen molar-refractivity contribution >= 4 is 5.78 Å². The zero-order valence-electron chi connectivity index (χ0n) is 6.29. The van der Waals surface area contributed by atoms with Gasteiger partial charge in [0.1, 0.15) is 18.3 Å². The van der Waals surface area contributed by atoms with E-state index in [9.17, 15) is 4.79 Å². The van der Waals surface area contributed by atoms with Gasteiger partial charge in [-0.1, -0.05) is 0 Å². The fourth-order valence-corrected chi connectivity index (χ4v) is 0.577. The number of carbonyl (C=O) groups is 1. The van der Waals surface area contributed by atoms with E-state index >= 15 is 0 Å². The van der Waals surface area contributed by atoms with Gasteiger partial charge in [0.2, 0.25) is 0 Å². The standard InChI is InChI=1S/C6H12O6/c7-1-3(9)5(11)6(12)4(10)2-8/h3-5,7-11H,1-2H2/t3-,4?,5-/m0/s1. The van der Waals surface area contributed by atoms with E-state index in [2.05, 4.69) is 0 Å². The molecule has 6 nitrogen and oxygen atoms in total. The first kappa shape index (κ1) is 11.5. The minimum atomic E-state index is -1.86. The highest BCUT2D eigenvalue weighted by atomic mass is 16.4. The quantitative estimate of drug-likeness (QED) is 0.301. The Morgan fingerprint density at radius 2 is 1.58 bits per heavy atom. The van der Waals surface area contributed by atoms with E-state index in [0.29, 0.717) is 0 Å². The molecule has 3 atom stereocenters. The number of aliphatic hydroxyl groups excluding tert-OH is 5. The van der Waals surface area contributed by atoms with Gasteiger partial charge in [-0.3, -0.25) is 4.79 Å². The number of Topliss-reactive ketones (excluding diaryl/α,β-unsaturated/α-hetero) is 1. The maximum absolute atomic E-state index is 10.7. The summed E-state index contributed by atoms with van der Waals surface area (Å²) in [4.78, 5) is 10.7. The van der Waals surface area contributed by atoms with Crippen molar-refractivity contribution in [2.24, 2.45) is 0 Å². The van der Waals surface area contributed by atoms with Crippen LogP contribution in [-0.4, -0.2) is 62.8 Å². The molecule has 0 aromatic rings. The van der Waals surface area contributed by atoms with Gasteiger partial charge < -0.3 is 25.5 Å². The highest BCUT2D eigenvalue weighted by Gasteiger charge is 2.28. The van der Waals surface area contributed by atoms with Crippen LogP contribution in [0.3, 0.4) is 0 Å². The molecule has 6 heteroatoms. The molecule has 72 valence electrons. The van der Waals surface area contributed by atoms with Crippen LogP contribution >= 0.6 is 0 Å². The Labute approximate surface area is 68.7 Å². The fourth-order valence-electron chi connectivity index (χ4n) is 0.577. The molecule has 0 aromatic carbocycles. The minimum absolute atomic E-state index is 0.787. The van der Waals surface area contributed by atoms with Crippen molar-refractivity contribution in [2.45, 2.75) is 18.3 Å². The molecule has 0 saturated heterocycles. The SMILES string of the molecule is O=C(C(O)CO)[C@@H](O)[C@@H](O)CO. The molecule has 0 spiro atoms. The van der Waals surface area contributed by atoms with Crippen molar-refractivity contribution in [2.75, 3.05) is 13.2 Å². The molecule has 0 heterocycles. The van der Waals surface area contributed by atoms with E-state index in [1.165, 1.54) is 0 Å². The first-order valence-electron chi connectivity index (χ1n) is 3.34. The lowest BCUT2D eigenvalue weighted by atomic mass is 10.1. The summed E-state index contributed by atoms with van der Waals surface area (Å²) in [6.45, 7) is -1.61. The lowest BCUT2D eigenvalue weighted by Crippen LogP contribution is -2.43. The number of rotatable bonds is 5. The van der Waals surface area contributed by atoms with Crippen LogP contribution in [0.2, 0.25) is 0 Å². The van der Waals surface area contributed by atoms with Gasteiger partial charge in [0.25, 0.3) is 0 Å². The third-order valence-electron chi connectivity index (χ3n) is 1.34. The molecule has 0 radical (unpaired) electrons. The van der Waals surface area contributed by atoms with Crippen LogP contribution in [0, 0.1) is 0 Å². The maximum Gasteiger partial charge on any atom is 0.194 e. The van der Waals surface area contributed by atoms with Gasteiger partial charge in [0.15, 0.2) is 5.78 Å². The monoisotopic (exact) mass is 180 g/mol. The molecule has 0 aromatic heterocycles. The first-order valence-corrected chi connectivity index (χ1v) is 3.34. The lowest BCUT2D eigenvalue weighted by molar-refractivity contribution is -0.144. The van der Waals surface area contributed by atoms with Crippen molar-refractivity contribution in [1.29, 1.82) is 0 Å². The van der Waals surface area contributed by atoms with E-state index in [1.807, 2.05) is 0 Å². The molecular formula is C6H12O6. The Bertz CT molecular complexity index is 147. The summed E-state index contributed by atoms with van der Waals surface area (Å²) >= 11 is 0. The second-order valence-corrected chi connectivity index (χ2v) is 2.30. The molecule has 0 aliphatic carbocycles. The van der Waals surface area contributed by atoms with Gasteiger partial charge in [-0.2, -0.15) is 0 Å². The normalized spacial score (nSPS) is 18.4. The van der Waals surface area contributed by atoms with Gasteiger partial charge in [-0.25, -0.2) is 0 Å². The van der Waals surface area contributed by atoms with Gasteiger partial charge in [0, 0.05) is 0 Å². The Morgan fingerprint density at radius 3 is 1.92 bits per heavy atom. The number of hydrogen-bond donors (Lipinski definition) is 5. The van der Waals surface area contributed by atoms with Crippen LogP contribution < -0.4 is 0 Å². The fraction of sp³-hybridized carbons (Fsp3) is 0.833. The zero-order valence-corrected chi connectivity index (χ0v) is 6.29. The molecule has 0 rings (SSSR count). The average Bonchev–Trinajstić information content (AvgIpc) is 2.12. The number of carbonyl (C=O) groups excluding carboxylic acids is 1. The third kappa shape index (κ3) is 2.84. The Kier molecular flexibility index (Phi) is 4.95. The summed E-state index contributed by atoms with van der Waals surface area (Å²) in [5.74, 6) is -1.11. The second-order valence-electron chi connectivity index (χ2n) is 2.30. The molecule has 0 amide bonds. The largest absolute Gasteiger partial charge is 0.394 e. The van der Waals surface area contributed by atoms with E-state index in [-0.39, 0.29) is 0 Å². The van der Waals surface area contributed by atoms with Crippen LogP contribution in [0.1, 0.15) is 0 Å². The van der Waals surface area contributed by atoms with Crippen molar-refractivity contribution in [3.05, 3.63) is 0 Å². The molecule has 0 aliphatic rings. The summed E-state index contributed by atoms with van der Waals surface area (Å²) in [5, 5.41) is 42.9. The average molecular weight is 180 g/mol. The van der Waals surface area contributed by atoms with Crippen LogP contribution in [-0.2, 0) is 4.79 Å². The lowest BCUT2D eigenvalue weighted by Gasteiger charge is -2.16. The molecule has 0 aliphatic heterocycles. The zero-order chi connectivity index (χ0) is 9.72. The van der Waals surface area contributed by atoms with Gasteiger partial charge in [-0.05, 0) is 0 Å². The third-order valence-corrected chi connectivity index (χ3v) is 1.34. The Morgan fingerprint density at radius 1 is 1.08 bits per heavy atom. The summed E-state index contributed by atoms with van der Waals surface area (Å²) < 4.78 is 0. The predicted octanol–water partition coefficient (Wildman–Crippen LogP) is -3.38. The van der Waals surface area contributed by atoms with E-state index in [1.54, 1.807) is 0 Å². The second kappa shape index (κ2) is 5.18. The number of aliphatic hydroxyl groups is 5. The van der Waals surface area contributed by atoms with Gasteiger partial charge in [-0.15, -0.1) is 0 Å². The number of hydrogen-bond acceptors (Lipinski definition) is 6. The summed E-state index contributed by atoms with van der Waals surface area (Å²) in [6, 6.07) is 0. The van der Waals surface area contributed by atoms with Gasteiger partial charge in [0.05, 0.1) is 13.2 Å². The van der Waals surface area contributed by atoms with Gasteiger partial charge >= 0.3 is 0 Å². The highest BCUT2D eigenvalue weighted by molar-refractivity contribution is 5.87. The van der Waals surface area contributed by atoms with Crippen molar-refractivity contribution in [3.8, 4) is 0 Å². The summed E-state index contributed by atoms with van der Waals surface area (Å²) in [6.07, 6.45) is -5.21. The van der Waals surface area contributed by atoms with Crippen molar-refractivity contribution in [1.82, 2.24) is 0 Å². The molecule has 1 unspecified atom stereocenters. The highest BCUT2D eigenvalue weighted by Crippen LogP contribution is 1.98. The maximum atomic E-state index is 10.7. The van der Waals surface area contributed by atoms with E-state index in [0.717, 1.165) is 0 Å². The van der Waals surface area contributed by atoms with Crippen LogP contribution in [0.5, 0.6) is 0 Å². The smallest absolute Gasteiger partial charge is 0.194 e. The van der Waals surface area contributed by atoms with E-state index < -0.39 is 37.3 Å². The van der Waals surface area contributed by atoms with Crippen molar-refractivity contribution < 1.29 is 30.3 Å². The summed E-state index contributed by atoms with van der Waals surface area (Å²) in [7, 11) is 0. The molecular weight excluding hydrogens is 168 g/mol. The summed E-state index contributed by atoms with van der Waals surface area (Å²) in [5.41, 5.74) is 0. The molecule has 12 heavy (non-hydrogen) atoms. The van der Waals surface area contributed by atoms with Crippen LogP contribution in [0.25, 0.3) is 0 Å². The topological polar surface area (TPSA) is 118 Å². The van der Waals surface area contributed by atoms with E-state index in [4.69, 9.17) is 25.5 Å². The molecule has 0 saturated carbocycles. The molecule has 5 N–H and O–H groups in total. The van der Waals surface area contributed by atoms with Crippen LogP contribution in [0.15, 0.2) is 0 Å². The molecule has 0 bridgehead atoms. The Hall–Kier alpha value is -0.530. The Balaban J connectivity index is 4.09. The predicted molar refractivity (Wildman–Crippen MR) is 37.2 cm³/mol. The molecule has 0 fully saturated rings. The minimum Gasteiger partial charge on any atom is -0.394 e.